The summed E-state index contributed by atoms with van der Waals surface area (Å²) in [6.07, 6.45) is 4.63. The van der Waals surface area contributed by atoms with E-state index in [1.54, 1.807) is 13.0 Å². The molecule has 36 heavy (non-hydrogen) atoms. The fraction of sp³-hybridized carbons (Fsp3) is 0.344. The second-order valence-corrected chi connectivity index (χ2v) is 9.70. The van der Waals surface area contributed by atoms with Crippen molar-refractivity contribution in [3.05, 3.63) is 112 Å². The number of hydrogen-bond donors (Lipinski definition) is 2. The molecule has 0 saturated heterocycles. The third kappa shape index (κ3) is 7.81. The quantitative estimate of drug-likeness (QED) is 0.208. The van der Waals surface area contributed by atoms with Crippen LogP contribution in [0.25, 0.3) is 5.57 Å². The number of amides is 1. The van der Waals surface area contributed by atoms with Crippen LogP contribution in [0.3, 0.4) is 0 Å². The molecule has 0 heterocycles. The molecule has 3 aromatic carbocycles. The van der Waals surface area contributed by atoms with Crippen LogP contribution in [0.5, 0.6) is 0 Å². The summed E-state index contributed by atoms with van der Waals surface area (Å²) >= 11 is 0. The van der Waals surface area contributed by atoms with Gasteiger partial charge in [0.2, 0.25) is 0 Å². The van der Waals surface area contributed by atoms with Crippen LogP contribution < -0.4 is 10.6 Å². The Hall–Kier alpha value is -3.40. The molecule has 0 fully saturated rings. The van der Waals surface area contributed by atoms with Crippen molar-refractivity contribution in [2.75, 3.05) is 0 Å². The monoisotopic (exact) mass is 486 g/mol. The van der Waals surface area contributed by atoms with Gasteiger partial charge in [0.05, 0.1) is 5.57 Å². The number of halogens is 1. The average Bonchev–Trinajstić information content (AvgIpc) is 2.88. The van der Waals surface area contributed by atoms with Crippen molar-refractivity contribution >= 4 is 11.5 Å². The molecule has 0 bridgehead atoms. The molecule has 190 valence electrons. The molecule has 0 saturated carbocycles. The minimum atomic E-state index is -0.261. The normalized spacial score (nSPS) is 11.8. The Kier molecular flexibility index (Phi) is 10.3. The Morgan fingerprint density at radius 2 is 1.50 bits per heavy atom. The van der Waals surface area contributed by atoms with Crippen molar-refractivity contribution in [3.63, 3.8) is 0 Å². The zero-order valence-electron chi connectivity index (χ0n) is 22.0. The highest BCUT2D eigenvalue weighted by atomic mass is 19.1. The fourth-order valence-electron chi connectivity index (χ4n) is 4.22. The molecule has 4 heteroatoms. The van der Waals surface area contributed by atoms with Crippen molar-refractivity contribution < 1.29 is 9.18 Å². The van der Waals surface area contributed by atoms with E-state index >= 15 is 0 Å². The van der Waals surface area contributed by atoms with Crippen molar-refractivity contribution in [1.29, 1.82) is 0 Å². The summed E-state index contributed by atoms with van der Waals surface area (Å²) < 4.78 is 14.0. The van der Waals surface area contributed by atoms with E-state index in [2.05, 4.69) is 55.7 Å². The van der Waals surface area contributed by atoms with Crippen molar-refractivity contribution in [2.45, 2.75) is 66.5 Å². The molecular weight excluding hydrogens is 447 g/mol. The van der Waals surface area contributed by atoms with E-state index in [0.29, 0.717) is 17.7 Å². The topological polar surface area (TPSA) is 41.1 Å². The summed E-state index contributed by atoms with van der Waals surface area (Å²) in [5.74, 6) is -0.321. The van der Waals surface area contributed by atoms with E-state index in [-0.39, 0.29) is 24.2 Å². The standard InChI is InChI=1S/C32H39FN2O/c1-5-6-8-11-25-16-18-28(19-17-25)30(31(23(2)3)34-21-26-12-9-7-10-13-26)32(36)35-22-27-15-14-24(4)29(33)20-27/h7,9-10,12-20,23,34H,5-6,8,11,21-22H2,1-4H3,(H,35,36)/b31-30+. The number of rotatable bonds is 12. The van der Waals surface area contributed by atoms with E-state index in [0.717, 1.165) is 28.8 Å². The van der Waals surface area contributed by atoms with Gasteiger partial charge in [0.15, 0.2) is 0 Å². The third-order valence-corrected chi connectivity index (χ3v) is 6.40. The number of allylic oxidation sites excluding steroid dienone is 1. The first-order valence-electron chi connectivity index (χ1n) is 13.0. The summed E-state index contributed by atoms with van der Waals surface area (Å²) in [4.78, 5) is 13.6. The van der Waals surface area contributed by atoms with Crippen LogP contribution in [0, 0.1) is 18.7 Å². The van der Waals surface area contributed by atoms with Gasteiger partial charge in [0.25, 0.3) is 5.91 Å². The number of hydrogen-bond acceptors (Lipinski definition) is 2. The maximum atomic E-state index is 14.0. The van der Waals surface area contributed by atoms with E-state index in [1.165, 1.54) is 30.9 Å². The summed E-state index contributed by atoms with van der Waals surface area (Å²) in [6, 6.07) is 23.6. The molecule has 3 aromatic rings. The molecule has 0 aliphatic heterocycles. The first kappa shape index (κ1) is 27.2. The van der Waals surface area contributed by atoms with Gasteiger partial charge < -0.3 is 10.6 Å². The van der Waals surface area contributed by atoms with E-state index in [1.807, 2.05) is 36.4 Å². The predicted molar refractivity (Wildman–Crippen MR) is 148 cm³/mol. The van der Waals surface area contributed by atoms with Crippen LogP contribution in [0.15, 0.2) is 78.5 Å². The Bertz CT molecular complexity index is 1150. The Balaban J connectivity index is 1.90. The molecule has 0 aliphatic carbocycles. The second-order valence-electron chi connectivity index (χ2n) is 9.70. The third-order valence-electron chi connectivity index (χ3n) is 6.40. The van der Waals surface area contributed by atoms with Gasteiger partial charge in [-0.05, 0) is 59.6 Å². The highest BCUT2D eigenvalue weighted by molar-refractivity contribution is 6.20. The lowest BCUT2D eigenvalue weighted by molar-refractivity contribution is -0.115. The molecule has 0 spiro atoms. The average molecular weight is 487 g/mol. The van der Waals surface area contributed by atoms with Crippen LogP contribution in [0.4, 0.5) is 4.39 Å². The summed E-state index contributed by atoms with van der Waals surface area (Å²) in [5, 5.41) is 6.58. The molecule has 0 aliphatic rings. The molecule has 0 aromatic heterocycles. The van der Waals surface area contributed by atoms with Crippen molar-refractivity contribution in [3.8, 4) is 0 Å². The molecule has 0 radical (unpaired) electrons. The lowest BCUT2D eigenvalue weighted by Gasteiger charge is -2.21. The maximum Gasteiger partial charge on any atom is 0.253 e. The molecule has 0 atom stereocenters. The van der Waals surface area contributed by atoms with Gasteiger partial charge >= 0.3 is 0 Å². The Morgan fingerprint density at radius 1 is 0.833 bits per heavy atom. The molecule has 1 amide bonds. The highest BCUT2D eigenvalue weighted by Gasteiger charge is 2.20. The minimum Gasteiger partial charge on any atom is -0.383 e. The van der Waals surface area contributed by atoms with Gasteiger partial charge in [0, 0.05) is 18.8 Å². The Labute approximate surface area is 215 Å². The number of benzene rings is 3. The van der Waals surface area contributed by atoms with Crippen LogP contribution in [0.1, 0.15) is 67.9 Å². The second kappa shape index (κ2) is 13.6. The smallest absolute Gasteiger partial charge is 0.253 e. The molecule has 2 N–H and O–H groups in total. The zero-order chi connectivity index (χ0) is 25.9. The molecule has 3 rings (SSSR count). The van der Waals surface area contributed by atoms with Gasteiger partial charge in [-0.15, -0.1) is 0 Å². The fourth-order valence-corrected chi connectivity index (χ4v) is 4.22. The number of carbonyl (C=O) groups is 1. The summed E-state index contributed by atoms with van der Waals surface area (Å²) in [5.41, 5.74) is 6.17. The number of carbonyl (C=O) groups excluding carboxylic acids is 1. The van der Waals surface area contributed by atoms with Crippen molar-refractivity contribution in [1.82, 2.24) is 10.6 Å². The summed E-state index contributed by atoms with van der Waals surface area (Å²) in [6.45, 7) is 9.02. The van der Waals surface area contributed by atoms with Gasteiger partial charge in [0.1, 0.15) is 5.82 Å². The van der Waals surface area contributed by atoms with Crippen LogP contribution in [0.2, 0.25) is 0 Å². The predicted octanol–water partition coefficient (Wildman–Crippen LogP) is 7.34. The van der Waals surface area contributed by atoms with Crippen LogP contribution in [-0.4, -0.2) is 5.91 Å². The Morgan fingerprint density at radius 3 is 2.14 bits per heavy atom. The highest BCUT2D eigenvalue weighted by Crippen LogP contribution is 2.25. The van der Waals surface area contributed by atoms with E-state index in [4.69, 9.17) is 0 Å². The van der Waals surface area contributed by atoms with Gasteiger partial charge in [-0.25, -0.2) is 4.39 Å². The van der Waals surface area contributed by atoms with Crippen LogP contribution >= 0.6 is 0 Å². The van der Waals surface area contributed by atoms with E-state index < -0.39 is 0 Å². The van der Waals surface area contributed by atoms with Gasteiger partial charge in [-0.2, -0.15) is 0 Å². The largest absolute Gasteiger partial charge is 0.383 e. The first-order chi connectivity index (χ1) is 17.4. The van der Waals surface area contributed by atoms with Gasteiger partial charge in [-0.1, -0.05) is 100 Å². The lowest BCUT2D eigenvalue weighted by Crippen LogP contribution is -2.29. The van der Waals surface area contributed by atoms with Crippen LogP contribution in [-0.2, 0) is 24.3 Å². The molecule has 3 nitrogen and oxygen atoms in total. The summed E-state index contributed by atoms with van der Waals surface area (Å²) in [7, 11) is 0. The van der Waals surface area contributed by atoms with Gasteiger partial charge in [-0.3, -0.25) is 4.79 Å². The maximum absolute atomic E-state index is 14.0. The van der Waals surface area contributed by atoms with Crippen molar-refractivity contribution in [2.24, 2.45) is 5.92 Å². The minimum absolute atomic E-state index is 0.107. The number of nitrogens with one attached hydrogen (secondary N) is 2. The molecular formula is C32H39FN2O. The number of unbranched alkanes of at least 4 members (excludes halogenated alkanes) is 2. The lowest BCUT2D eigenvalue weighted by atomic mass is 9.95. The SMILES string of the molecule is CCCCCc1ccc(/C(C(=O)NCc2ccc(C)c(F)c2)=C(\NCc2ccccc2)C(C)C)cc1. The van der Waals surface area contributed by atoms with E-state index in [9.17, 15) is 9.18 Å². The molecule has 0 unspecified atom stereocenters. The first-order valence-corrected chi connectivity index (χ1v) is 13.0. The zero-order valence-corrected chi connectivity index (χ0v) is 22.0. The number of aryl methyl sites for hydroxylation is 2.